The van der Waals surface area contributed by atoms with Crippen LogP contribution in [0.1, 0.15) is 16.7 Å². The number of aliphatic hydroxyl groups is 1. The summed E-state index contributed by atoms with van der Waals surface area (Å²) in [4.78, 5) is 4.81. The van der Waals surface area contributed by atoms with Crippen LogP contribution in [0.25, 0.3) is 0 Å². The molecule has 1 N–H and O–H groups in total. The van der Waals surface area contributed by atoms with Crippen LogP contribution in [0.15, 0.2) is 48.5 Å². The first kappa shape index (κ1) is 24.7. The number of ether oxygens (including phenoxy) is 1. The van der Waals surface area contributed by atoms with E-state index >= 15 is 0 Å². The molecule has 0 spiro atoms. The average molecular weight is 427 g/mol. The fourth-order valence-corrected chi connectivity index (χ4v) is 3.53. The van der Waals surface area contributed by atoms with E-state index in [1.807, 2.05) is 32.0 Å². The molecule has 0 radical (unpaired) electrons. The van der Waals surface area contributed by atoms with Crippen molar-refractivity contribution in [1.29, 1.82) is 0 Å². The van der Waals surface area contributed by atoms with Gasteiger partial charge in [0.1, 0.15) is 18.5 Å². The van der Waals surface area contributed by atoms with Gasteiger partial charge in [0.05, 0.1) is 0 Å². The van der Waals surface area contributed by atoms with Crippen LogP contribution in [0.2, 0.25) is 0 Å². The number of aliphatic hydroxyl groups excluding tert-OH is 1. The molecule has 0 aliphatic carbocycles. The van der Waals surface area contributed by atoms with E-state index in [0.29, 0.717) is 13.2 Å². The van der Waals surface area contributed by atoms with Crippen LogP contribution < -0.4 is 4.74 Å². The lowest BCUT2D eigenvalue weighted by atomic mass is 10.1. The summed E-state index contributed by atoms with van der Waals surface area (Å²) in [6, 6.07) is 16.7. The van der Waals surface area contributed by atoms with Crippen LogP contribution in [0.3, 0.4) is 0 Å². The monoisotopic (exact) mass is 426 g/mol. The zero-order chi connectivity index (χ0) is 18.4. The minimum absolute atomic E-state index is 0. The van der Waals surface area contributed by atoms with Crippen LogP contribution in [0, 0.1) is 13.8 Å². The third kappa shape index (κ3) is 7.26. The van der Waals surface area contributed by atoms with E-state index in [0.717, 1.165) is 49.6 Å². The summed E-state index contributed by atoms with van der Waals surface area (Å²) in [7, 11) is 0. The van der Waals surface area contributed by atoms with Gasteiger partial charge in [0, 0.05) is 39.3 Å². The summed E-state index contributed by atoms with van der Waals surface area (Å²) >= 11 is 0. The minimum Gasteiger partial charge on any atom is -0.490 e. The topological polar surface area (TPSA) is 35.9 Å². The molecule has 6 heteroatoms. The normalized spacial score (nSPS) is 16.0. The van der Waals surface area contributed by atoms with Gasteiger partial charge in [-0.05, 0) is 30.5 Å². The van der Waals surface area contributed by atoms with Crippen molar-refractivity contribution < 1.29 is 9.84 Å². The zero-order valence-corrected chi connectivity index (χ0v) is 18.3. The standard InChI is InChI=1S/C22H30N2O2.2ClH/c1-18-7-6-8-19(2)22(18)26-17-21(25)16-24-13-11-23(12-14-24)15-20-9-4-3-5-10-20;;/h3-10,21,25H,11-17H2,1-2H3;2*1H. The number of aryl methyl sites for hydroxylation is 2. The molecule has 1 heterocycles. The molecule has 3 rings (SSSR count). The van der Waals surface area contributed by atoms with E-state index in [1.165, 1.54) is 5.56 Å². The van der Waals surface area contributed by atoms with Gasteiger partial charge in [-0.2, -0.15) is 0 Å². The maximum Gasteiger partial charge on any atom is 0.125 e. The second kappa shape index (κ2) is 12.3. The maximum absolute atomic E-state index is 10.4. The van der Waals surface area contributed by atoms with Crippen LogP contribution in [-0.2, 0) is 6.54 Å². The average Bonchev–Trinajstić information content (AvgIpc) is 2.64. The highest BCUT2D eigenvalue weighted by Gasteiger charge is 2.19. The van der Waals surface area contributed by atoms with Gasteiger partial charge in [0.15, 0.2) is 0 Å². The van der Waals surface area contributed by atoms with E-state index < -0.39 is 6.10 Å². The molecule has 4 nitrogen and oxygen atoms in total. The Bertz CT molecular complexity index is 672. The molecule has 0 saturated carbocycles. The smallest absolute Gasteiger partial charge is 0.125 e. The number of hydrogen-bond donors (Lipinski definition) is 1. The molecule has 0 amide bonds. The second-order valence-electron chi connectivity index (χ2n) is 7.25. The van der Waals surface area contributed by atoms with Crippen LogP contribution in [0.4, 0.5) is 0 Å². The lowest BCUT2D eigenvalue weighted by Gasteiger charge is -2.35. The fraction of sp³-hybridized carbons (Fsp3) is 0.455. The molecule has 0 aromatic heterocycles. The van der Waals surface area contributed by atoms with E-state index in [2.05, 4.69) is 40.1 Å². The number of piperazine rings is 1. The van der Waals surface area contributed by atoms with E-state index in [4.69, 9.17) is 4.74 Å². The van der Waals surface area contributed by atoms with Crippen LogP contribution in [0.5, 0.6) is 5.75 Å². The lowest BCUT2D eigenvalue weighted by molar-refractivity contribution is 0.0443. The molecular formula is C22H32Cl2N2O2. The molecule has 1 aliphatic heterocycles. The highest BCUT2D eigenvalue weighted by molar-refractivity contribution is 5.85. The van der Waals surface area contributed by atoms with Crippen molar-refractivity contribution in [3.05, 3.63) is 65.2 Å². The molecule has 2 aromatic rings. The molecule has 1 saturated heterocycles. The number of β-amino-alcohol motifs (C(OH)–C–C–N with tert-alkyl or cyclic N) is 1. The van der Waals surface area contributed by atoms with Gasteiger partial charge in [-0.1, -0.05) is 48.5 Å². The summed E-state index contributed by atoms with van der Waals surface area (Å²) in [5.41, 5.74) is 3.60. The van der Waals surface area contributed by atoms with Gasteiger partial charge >= 0.3 is 0 Å². The number of nitrogens with zero attached hydrogens (tertiary/aromatic N) is 2. The van der Waals surface area contributed by atoms with Crippen molar-refractivity contribution in [3.63, 3.8) is 0 Å². The van der Waals surface area contributed by atoms with Gasteiger partial charge in [0.25, 0.3) is 0 Å². The first-order chi connectivity index (χ1) is 12.6. The highest BCUT2D eigenvalue weighted by atomic mass is 35.5. The van der Waals surface area contributed by atoms with Crippen molar-refractivity contribution >= 4 is 24.8 Å². The van der Waals surface area contributed by atoms with E-state index in [1.54, 1.807) is 0 Å². The number of hydrogen-bond acceptors (Lipinski definition) is 4. The van der Waals surface area contributed by atoms with Crippen molar-refractivity contribution in [1.82, 2.24) is 9.80 Å². The molecule has 1 atom stereocenters. The van der Waals surface area contributed by atoms with Crippen molar-refractivity contribution in [3.8, 4) is 5.75 Å². The Morgan fingerprint density at radius 2 is 1.43 bits per heavy atom. The summed E-state index contributed by atoms with van der Waals surface area (Å²) in [6.07, 6.45) is -0.463. The van der Waals surface area contributed by atoms with Crippen LogP contribution in [-0.4, -0.2) is 60.3 Å². The first-order valence-electron chi connectivity index (χ1n) is 9.47. The summed E-state index contributed by atoms with van der Waals surface area (Å²) in [5.74, 6) is 0.902. The lowest BCUT2D eigenvalue weighted by Crippen LogP contribution is -2.48. The number of rotatable bonds is 7. The minimum atomic E-state index is -0.463. The third-order valence-electron chi connectivity index (χ3n) is 5.01. The molecule has 1 unspecified atom stereocenters. The molecule has 1 fully saturated rings. The predicted molar refractivity (Wildman–Crippen MR) is 120 cm³/mol. The Morgan fingerprint density at radius 1 is 0.857 bits per heavy atom. The Labute approximate surface area is 181 Å². The molecule has 2 aromatic carbocycles. The summed E-state index contributed by atoms with van der Waals surface area (Å²) in [5, 5.41) is 10.4. The maximum atomic E-state index is 10.4. The molecule has 156 valence electrons. The Balaban J connectivity index is 0.00000196. The Kier molecular flexibility index (Phi) is 10.9. The fourth-order valence-electron chi connectivity index (χ4n) is 3.53. The molecule has 1 aliphatic rings. The van der Waals surface area contributed by atoms with Crippen LogP contribution >= 0.6 is 24.8 Å². The molecular weight excluding hydrogens is 395 g/mol. The third-order valence-corrected chi connectivity index (χ3v) is 5.01. The van der Waals surface area contributed by atoms with Gasteiger partial charge in [0.2, 0.25) is 0 Å². The summed E-state index contributed by atoms with van der Waals surface area (Å²) in [6.45, 7) is 10.2. The zero-order valence-electron chi connectivity index (χ0n) is 16.7. The van der Waals surface area contributed by atoms with Crippen molar-refractivity contribution in [2.24, 2.45) is 0 Å². The van der Waals surface area contributed by atoms with Gasteiger partial charge in [-0.15, -0.1) is 24.8 Å². The van der Waals surface area contributed by atoms with Crippen molar-refractivity contribution in [2.75, 3.05) is 39.3 Å². The summed E-state index contributed by atoms with van der Waals surface area (Å²) < 4.78 is 5.88. The number of benzene rings is 2. The largest absolute Gasteiger partial charge is 0.490 e. The van der Waals surface area contributed by atoms with Gasteiger partial charge in [-0.25, -0.2) is 0 Å². The second-order valence-corrected chi connectivity index (χ2v) is 7.25. The number of halogens is 2. The van der Waals surface area contributed by atoms with E-state index in [-0.39, 0.29) is 24.8 Å². The Hall–Kier alpha value is -1.30. The molecule has 0 bridgehead atoms. The molecule has 28 heavy (non-hydrogen) atoms. The highest BCUT2D eigenvalue weighted by Crippen LogP contribution is 2.22. The van der Waals surface area contributed by atoms with E-state index in [9.17, 15) is 5.11 Å². The van der Waals surface area contributed by atoms with Crippen molar-refractivity contribution in [2.45, 2.75) is 26.5 Å². The Morgan fingerprint density at radius 3 is 2.04 bits per heavy atom. The van der Waals surface area contributed by atoms with Gasteiger partial charge < -0.3 is 9.84 Å². The number of para-hydroxylation sites is 1. The first-order valence-corrected chi connectivity index (χ1v) is 9.47. The quantitative estimate of drug-likeness (QED) is 0.731. The van der Waals surface area contributed by atoms with Gasteiger partial charge in [-0.3, -0.25) is 9.80 Å². The predicted octanol–water partition coefficient (Wildman–Crippen LogP) is 3.70. The SMILES string of the molecule is Cc1cccc(C)c1OCC(O)CN1CCN(Cc2ccccc2)CC1.Cl.Cl.